The van der Waals surface area contributed by atoms with Gasteiger partial charge in [-0.2, -0.15) is 5.10 Å². The van der Waals surface area contributed by atoms with E-state index < -0.39 is 12.6 Å². The smallest absolute Gasteiger partial charge is 0.405 e. The van der Waals surface area contributed by atoms with Gasteiger partial charge in [0.25, 0.3) is 0 Å². The van der Waals surface area contributed by atoms with Crippen LogP contribution in [0.5, 0.6) is 5.75 Å². The SMILES string of the molecule is OC(Cn1cccn1)N1CCCC[C@@H]1C1OC1Nc1ccc(-c2ccccc2OC(F)(F)F)c(Cl)c1. The van der Waals surface area contributed by atoms with Crippen LogP contribution in [0.1, 0.15) is 19.3 Å². The van der Waals surface area contributed by atoms with Crippen LogP contribution in [0.25, 0.3) is 11.1 Å². The quantitative estimate of drug-likeness (QED) is 0.400. The van der Waals surface area contributed by atoms with Crippen molar-refractivity contribution in [1.29, 1.82) is 0 Å². The molecule has 4 atom stereocenters. The average Bonchev–Trinajstić information content (AvgIpc) is 3.40. The Morgan fingerprint density at radius 3 is 2.75 bits per heavy atom. The van der Waals surface area contributed by atoms with Crippen molar-refractivity contribution in [2.75, 3.05) is 11.9 Å². The Kier molecular flexibility index (Phi) is 7.11. The Hall–Kier alpha value is -2.79. The number of aliphatic hydroxyl groups excluding tert-OH is 1. The maximum atomic E-state index is 12.8. The van der Waals surface area contributed by atoms with Crippen LogP contribution in [0.2, 0.25) is 5.02 Å². The Morgan fingerprint density at radius 1 is 1.17 bits per heavy atom. The number of piperidine rings is 1. The van der Waals surface area contributed by atoms with Gasteiger partial charge >= 0.3 is 6.36 Å². The van der Waals surface area contributed by atoms with Crippen molar-refractivity contribution in [3.63, 3.8) is 0 Å². The third kappa shape index (κ3) is 5.78. The van der Waals surface area contributed by atoms with Crippen molar-refractivity contribution < 1.29 is 27.8 Å². The Labute approximate surface area is 211 Å². The van der Waals surface area contributed by atoms with Gasteiger partial charge in [-0.3, -0.25) is 9.58 Å². The van der Waals surface area contributed by atoms with Gasteiger partial charge < -0.3 is 19.9 Å². The van der Waals surface area contributed by atoms with E-state index in [-0.39, 0.29) is 34.7 Å². The van der Waals surface area contributed by atoms with E-state index in [2.05, 4.69) is 20.1 Å². The van der Waals surface area contributed by atoms with E-state index in [0.717, 1.165) is 25.8 Å². The number of likely N-dealkylation sites (tertiary alicyclic amines) is 1. The molecular weight excluding hydrogens is 497 g/mol. The third-order valence-corrected chi connectivity index (χ3v) is 6.78. The number of ether oxygens (including phenoxy) is 2. The van der Waals surface area contributed by atoms with E-state index in [1.807, 2.05) is 12.3 Å². The van der Waals surface area contributed by atoms with Crippen molar-refractivity contribution in [2.24, 2.45) is 0 Å². The number of nitrogens with one attached hydrogen (secondary N) is 1. The lowest BCUT2D eigenvalue weighted by Crippen LogP contribution is -2.51. The molecular formula is C25H26ClF3N4O3. The summed E-state index contributed by atoms with van der Waals surface area (Å²) < 4.78 is 50.2. The summed E-state index contributed by atoms with van der Waals surface area (Å²) in [5.41, 5.74) is 1.36. The van der Waals surface area contributed by atoms with Gasteiger partial charge in [-0.05, 0) is 37.1 Å². The minimum absolute atomic E-state index is 0.0583. The molecule has 36 heavy (non-hydrogen) atoms. The van der Waals surface area contributed by atoms with Gasteiger partial charge in [-0.25, -0.2) is 0 Å². The Bertz CT molecular complexity index is 1180. The highest BCUT2D eigenvalue weighted by Gasteiger charge is 2.49. The molecule has 2 fully saturated rings. The number of alkyl halides is 3. The molecule has 5 rings (SSSR count). The van der Waals surface area contributed by atoms with Gasteiger partial charge in [0, 0.05) is 41.8 Å². The number of aromatic nitrogens is 2. The van der Waals surface area contributed by atoms with Crippen molar-refractivity contribution in [3.05, 3.63) is 65.9 Å². The standard InChI is InChI=1S/C25H26ClF3N4O3/c26-19-14-16(9-10-17(19)18-6-1-2-8-21(18)36-25(27,28)29)31-24-23(35-24)20-7-3-4-13-33(20)22(34)15-32-12-5-11-30-32/h1-2,5-6,8-12,14,20,22-24,31,34H,3-4,7,13,15H2/t20-,22?,23?,24?/m1/s1. The molecule has 3 unspecified atom stereocenters. The zero-order valence-corrected chi connectivity index (χ0v) is 20.0. The van der Waals surface area contributed by atoms with E-state index in [9.17, 15) is 18.3 Å². The van der Waals surface area contributed by atoms with Crippen LogP contribution < -0.4 is 10.1 Å². The number of anilines is 1. The highest BCUT2D eigenvalue weighted by atomic mass is 35.5. The van der Waals surface area contributed by atoms with E-state index in [0.29, 0.717) is 17.8 Å². The second-order valence-electron chi connectivity index (χ2n) is 8.91. The number of rotatable bonds is 8. The number of halogens is 4. The molecule has 2 saturated heterocycles. The number of nitrogens with zero attached hydrogens (tertiary/aromatic N) is 3. The summed E-state index contributed by atoms with van der Waals surface area (Å²) in [6.07, 6.45) is 0.649. The Morgan fingerprint density at radius 2 is 2.00 bits per heavy atom. The number of aliphatic hydroxyl groups is 1. The molecule has 2 aliphatic heterocycles. The first kappa shape index (κ1) is 24.9. The fourth-order valence-corrected chi connectivity index (χ4v) is 5.09. The zero-order valence-electron chi connectivity index (χ0n) is 19.2. The van der Waals surface area contributed by atoms with Crippen molar-refractivity contribution in [3.8, 4) is 16.9 Å². The molecule has 0 amide bonds. The van der Waals surface area contributed by atoms with Crippen LogP contribution >= 0.6 is 11.6 Å². The third-order valence-electron chi connectivity index (χ3n) is 6.47. The summed E-state index contributed by atoms with van der Waals surface area (Å²) in [6.45, 7) is 1.16. The highest BCUT2D eigenvalue weighted by molar-refractivity contribution is 6.33. The fourth-order valence-electron chi connectivity index (χ4n) is 4.81. The molecule has 0 spiro atoms. The van der Waals surface area contributed by atoms with Gasteiger partial charge in [-0.1, -0.05) is 42.3 Å². The van der Waals surface area contributed by atoms with E-state index in [1.165, 1.54) is 18.2 Å². The van der Waals surface area contributed by atoms with E-state index in [1.54, 1.807) is 35.1 Å². The molecule has 3 aromatic rings. The molecule has 192 valence electrons. The van der Waals surface area contributed by atoms with Crippen molar-refractivity contribution in [1.82, 2.24) is 14.7 Å². The van der Waals surface area contributed by atoms with Crippen LogP contribution in [0, 0.1) is 0 Å². The predicted molar refractivity (Wildman–Crippen MR) is 128 cm³/mol. The number of benzene rings is 2. The topological polar surface area (TPSA) is 75.1 Å². The summed E-state index contributed by atoms with van der Waals surface area (Å²) >= 11 is 6.46. The summed E-state index contributed by atoms with van der Waals surface area (Å²) in [4.78, 5) is 2.07. The minimum atomic E-state index is -4.80. The average molecular weight is 523 g/mol. The van der Waals surface area contributed by atoms with Gasteiger partial charge in [0.05, 0.1) is 11.6 Å². The first-order chi connectivity index (χ1) is 17.3. The summed E-state index contributed by atoms with van der Waals surface area (Å²) in [7, 11) is 0. The van der Waals surface area contributed by atoms with E-state index >= 15 is 0 Å². The molecule has 3 heterocycles. The van der Waals surface area contributed by atoms with Crippen LogP contribution in [0.4, 0.5) is 18.9 Å². The zero-order chi connectivity index (χ0) is 25.3. The molecule has 0 bridgehead atoms. The lowest BCUT2D eigenvalue weighted by Gasteiger charge is -2.38. The molecule has 1 aromatic heterocycles. The predicted octanol–water partition coefficient (Wildman–Crippen LogP) is 5.11. The van der Waals surface area contributed by atoms with Crippen LogP contribution in [-0.4, -0.2) is 57.3 Å². The van der Waals surface area contributed by atoms with Crippen LogP contribution in [-0.2, 0) is 11.3 Å². The molecule has 0 radical (unpaired) electrons. The lowest BCUT2D eigenvalue weighted by atomic mass is 9.98. The van der Waals surface area contributed by atoms with Crippen LogP contribution in [0.15, 0.2) is 60.9 Å². The number of hydrogen-bond acceptors (Lipinski definition) is 6. The summed E-state index contributed by atoms with van der Waals surface area (Å²) in [5.74, 6) is -0.316. The normalized spacial score (nSPS) is 23.3. The maximum Gasteiger partial charge on any atom is 0.573 e. The molecule has 0 saturated carbocycles. The highest BCUT2D eigenvalue weighted by Crippen LogP contribution is 2.40. The molecule has 2 aromatic carbocycles. The first-order valence-electron chi connectivity index (χ1n) is 11.8. The molecule has 7 nitrogen and oxygen atoms in total. The van der Waals surface area contributed by atoms with Gasteiger partial charge in [-0.15, -0.1) is 13.2 Å². The van der Waals surface area contributed by atoms with E-state index in [4.69, 9.17) is 16.3 Å². The van der Waals surface area contributed by atoms with Gasteiger partial charge in [0.2, 0.25) is 0 Å². The number of epoxide rings is 1. The van der Waals surface area contributed by atoms with Gasteiger partial charge in [0.15, 0.2) is 6.23 Å². The first-order valence-corrected chi connectivity index (χ1v) is 12.1. The minimum Gasteiger partial charge on any atom is -0.405 e. The fraction of sp³-hybridized carbons (Fsp3) is 0.400. The maximum absolute atomic E-state index is 12.8. The summed E-state index contributed by atoms with van der Waals surface area (Å²) in [5, 5.41) is 18.6. The molecule has 0 aliphatic carbocycles. The Balaban J connectivity index is 1.25. The number of para-hydroxylation sites is 1. The monoisotopic (exact) mass is 522 g/mol. The molecule has 11 heteroatoms. The second-order valence-corrected chi connectivity index (χ2v) is 9.32. The lowest BCUT2D eigenvalue weighted by molar-refractivity contribution is -0.274. The van der Waals surface area contributed by atoms with Crippen molar-refractivity contribution in [2.45, 2.75) is 56.8 Å². The second kappa shape index (κ2) is 10.3. The van der Waals surface area contributed by atoms with Crippen LogP contribution in [0.3, 0.4) is 0 Å². The summed E-state index contributed by atoms with van der Waals surface area (Å²) in [6, 6.07) is 12.8. The molecule has 2 N–H and O–H groups in total. The molecule has 2 aliphatic rings. The van der Waals surface area contributed by atoms with Crippen molar-refractivity contribution >= 4 is 17.3 Å². The number of hydrogen-bond donors (Lipinski definition) is 2. The largest absolute Gasteiger partial charge is 0.573 e. The van der Waals surface area contributed by atoms with Gasteiger partial charge in [0.1, 0.15) is 18.1 Å².